The smallest absolute Gasteiger partial charge is 0.179 e. The van der Waals surface area contributed by atoms with Gasteiger partial charge in [-0.2, -0.15) is 0 Å². The van der Waals surface area contributed by atoms with Gasteiger partial charge < -0.3 is 5.32 Å². The minimum Gasteiger partial charge on any atom is -0.355 e. The highest BCUT2D eigenvalue weighted by Crippen LogP contribution is 2.29. The minimum atomic E-state index is -2.65. The summed E-state index contributed by atoms with van der Waals surface area (Å²) in [7, 11) is -2.65. The molecule has 0 amide bonds. The number of nitrogens with zero attached hydrogens (tertiary/aromatic N) is 1. The molecule has 7 rings (SSSR count). The molecule has 7 aromatic rings. The maximum Gasteiger partial charge on any atom is 0.179 e. The average molecular weight is 581 g/mol. The van der Waals surface area contributed by atoms with Gasteiger partial charge in [-0.25, -0.2) is 0 Å². The predicted octanol–water partition coefficient (Wildman–Crippen LogP) is 7.54. The maximum atomic E-state index is 4.48. The van der Waals surface area contributed by atoms with E-state index in [0.717, 1.165) is 22.5 Å². The number of hydrogen-bond donors (Lipinski definition) is 1. The summed E-state index contributed by atoms with van der Waals surface area (Å²) in [5.41, 5.74) is 6.74. The summed E-state index contributed by atoms with van der Waals surface area (Å²) in [6.07, 6.45) is 3.78. The highest BCUT2D eigenvalue weighted by molar-refractivity contribution is 7.19. The average Bonchev–Trinajstić information content (AvgIpc) is 3.11. The normalized spacial score (nSPS) is 11.2. The van der Waals surface area contributed by atoms with Gasteiger partial charge in [-0.3, -0.25) is 4.98 Å². The first-order chi connectivity index (χ1) is 21.8. The van der Waals surface area contributed by atoms with E-state index in [0.29, 0.717) is 0 Å². The topological polar surface area (TPSA) is 24.9 Å². The molecule has 44 heavy (non-hydrogen) atoms. The van der Waals surface area contributed by atoms with Crippen molar-refractivity contribution < 1.29 is 0 Å². The van der Waals surface area contributed by atoms with Crippen molar-refractivity contribution in [2.45, 2.75) is 0 Å². The molecule has 0 bridgehead atoms. The summed E-state index contributed by atoms with van der Waals surface area (Å²) in [6, 6.07) is 63.5. The fourth-order valence-corrected chi connectivity index (χ4v) is 10.9. The third-order valence-corrected chi connectivity index (χ3v) is 13.1. The molecule has 0 saturated carbocycles. The first-order valence-corrected chi connectivity index (χ1v) is 17.0. The van der Waals surface area contributed by atoms with Crippen LogP contribution in [0.3, 0.4) is 0 Å². The lowest BCUT2D eigenvalue weighted by Crippen LogP contribution is -2.74. The largest absolute Gasteiger partial charge is 0.355 e. The molecule has 210 valence electrons. The van der Waals surface area contributed by atoms with Crippen LogP contribution in [0.4, 0.5) is 11.4 Å². The van der Waals surface area contributed by atoms with E-state index in [-0.39, 0.29) is 0 Å². The van der Waals surface area contributed by atoms with Crippen LogP contribution >= 0.6 is 0 Å². The Balaban J connectivity index is 1.38. The lowest BCUT2D eigenvalue weighted by molar-refractivity contribution is 1.32. The Kier molecular flexibility index (Phi) is 7.69. The van der Waals surface area contributed by atoms with E-state index >= 15 is 0 Å². The Morgan fingerprint density at radius 1 is 0.386 bits per heavy atom. The zero-order chi connectivity index (χ0) is 29.6. The third kappa shape index (κ3) is 5.26. The molecular formula is C41H32N2Si. The molecule has 6 aromatic carbocycles. The molecule has 0 spiro atoms. The number of para-hydroxylation sites is 1. The molecule has 0 aliphatic carbocycles. The monoisotopic (exact) mass is 580 g/mol. The molecule has 0 atom stereocenters. The number of hydrogen-bond acceptors (Lipinski definition) is 2. The Morgan fingerprint density at radius 2 is 0.818 bits per heavy atom. The van der Waals surface area contributed by atoms with Gasteiger partial charge in [0.15, 0.2) is 8.07 Å². The second kappa shape index (κ2) is 12.4. The Labute approximate surface area is 260 Å². The van der Waals surface area contributed by atoms with Crippen molar-refractivity contribution in [2.75, 3.05) is 5.32 Å². The highest BCUT2D eigenvalue weighted by Gasteiger charge is 2.41. The van der Waals surface area contributed by atoms with Gasteiger partial charge in [0.05, 0.1) is 0 Å². The maximum absolute atomic E-state index is 4.48. The van der Waals surface area contributed by atoms with Gasteiger partial charge in [-0.15, -0.1) is 0 Å². The summed E-state index contributed by atoms with van der Waals surface area (Å²) in [5.74, 6) is 0. The van der Waals surface area contributed by atoms with Crippen LogP contribution in [0.1, 0.15) is 0 Å². The van der Waals surface area contributed by atoms with Gasteiger partial charge in [0.2, 0.25) is 0 Å². The van der Waals surface area contributed by atoms with Crippen molar-refractivity contribution in [3.63, 3.8) is 0 Å². The molecule has 0 unspecified atom stereocenters. The lowest BCUT2D eigenvalue weighted by atomic mass is 10.1. The highest BCUT2D eigenvalue weighted by atomic mass is 28.3. The summed E-state index contributed by atoms with van der Waals surface area (Å²) in [5, 5.41) is 9.00. The fourth-order valence-electron chi connectivity index (χ4n) is 6.23. The molecular weight excluding hydrogens is 549 g/mol. The molecule has 1 aromatic heterocycles. The first-order valence-electron chi connectivity index (χ1n) is 15.0. The van der Waals surface area contributed by atoms with Crippen molar-refractivity contribution in [2.24, 2.45) is 0 Å². The number of benzene rings is 6. The molecule has 1 N–H and O–H groups in total. The molecule has 1 heterocycles. The molecule has 0 saturated heterocycles. The Morgan fingerprint density at radius 3 is 1.36 bits per heavy atom. The van der Waals surface area contributed by atoms with E-state index < -0.39 is 8.07 Å². The summed E-state index contributed by atoms with van der Waals surface area (Å²) < 4.78 is 0. The number of nitrogens with one attached hydrogen (secondary N) is 1. The van der Waals surface area contributed by atoms with Crippen molar-refractivity contribution >= 4 is 40.2 Å². The van der Waals surface area contributed by atoms with E-state index in [4.69, 9.17) is 0 Å². The van der Waals surface area contributed by atoms with Crippen LogP contribution in [0.15, 0.2) is 188 Å². The summed E-state index contributed by atoms with van der Waals surface area (Å²) >= 11 is 0. The summed E-state index contributed by atoms with van der Waals surface area (Å²) in [6.45, 7) is 0. The van der Waals surface area contributed by atoms with Crippen LogP contribution in [0.5, 0.6) is 0 Å². The van der Waals surface area contributed by atoms with E-state index in [2.05, 4.69) is 162 Å². The van der Waals surface area contributed by atoms with Gasteiger partial charge >= 0.3 is 0 Å². The van der Waals surface area contributed by atoms with Crippen molar-refractivity contribution in [1.82, 2.24) is 4.98 Å². The van der Waals surface area contributed by atoms with Crippen LogP contribution in [0, 0.1) is 0 Å². The quantitative estimate of drug-likeness (QED) is 0.148. The van der Waals surface area contributed by atoms with Gasteiger partial charge in [0.1, 0.15) is 0 Å². The number of aromatic nitrogens is 1. The number of rotatable bonds is 8. The Hall–Kier alpha value is -5.51. The molecule has 0 radical (unpaired) electrons. The van der Waals surface area contributed by atoms with E-state index in [1.54, 1.807) is 0 Å². The van der Waals surface area contributed by atoms with Crippen molar-refractivity contribution in [3.8, 4) is 22.3 Å². The van der Waals surface area contributed by atoms with Gasteiger partial charge in [0, 0.05) is 29.3 Å². The number of pyridine rings is 1. The van der Waals surface area contributed by atoms with Gasteiger partial charge in [-0.1, -0.05) is 158 Å². The lowest BCUT2D eigenvalue weighted by Gasteiger charge is -2.34. The zero-order valence-corrected chi connectivity index (χ0v) is 25.3. The van der Waals surface area contributed by atoms with E-state index in [1.165, 1.54) is 31.9 Å². The van der Waals surface area contributed by atoms with E-state index in [9.17, 15) is 0 Å². The molecule has 0 aliphatic heterocycles. The minimum absolute atomic E-state index is 1.03. The van der Waals surface area contributed by atoms with Crippen LogP contribution in [0.25, 0.3) is 22.3 Å². The fraction of sp³-hybridized carbons (Fsp3) is 0. The van der Waals surface area contributed by atoms with Crippen LogP contribution in [-0.2, 0) is 0 Å². The number of anilines is 2. The first kappa shape index (κ1) is 27.3. The molecule has 3 heteroatoms. The van der Waals surface area contributed by atoms with Crippen LogP contribution < -0.4 is 26.1 Å². The molecule has 0 fully saturated rings. The summed E-state index contributed by atoms with van der Waals surface area (Å²) in [4.78, 5) is 4.48. The van der Waals surface area contributed by atoms with Gasteiger partial charge in [-0.05, 0) is 55.6 Å². The second-order valence-electron chi connectivity index (χ2n) is 10.9. The Bertz CT molecular complexity index is 1900. The molecule has 2 nitrogen and oxygen atoms in total. The van der Waals surface area contributed by atoms with Gasteiger partial charge in [0.25, 0.3) is 0 Å². The standard InChI is InChI=1S/C41H32N2Si/c1-5-13-32(14-6-1)33-21-25-38(26-22-33)44(36-17-9-3-10-18-36,37-19-11-4-12-20-37)39-27-23-34(24-28-39)40-31-42-30-29-41(40)43-35-15-7-2-8-16-35/h1-31H,(H,42,43). The SMILES string of the molecule is c1ccc(Nc2ccncc2-c2ccc([Si](c3ccccc3)(c3ccccc3)c3ccc(-c4ccccc4)cc3)cc2)cc1. The zero-order valence-electron chi connectivity index (χ0n) is 24.3. The second-order valence-corrected chi connectivity index (χ2v) is 14.7. The van der Waals surface area contributed by atoms with E-state index in [1.807, 2.05) is 36.7 Å². The molecule has 0 aliphatic rings. The third-order valence-electron chi connectivity index (χ3n) is 8.34. The van der Waals surface area contributed by atoms with Crippen LogP contribution in [0.2, 0.25) is 0 Å². The van der Waals surface area contributed by atoms with Crippen LogP contribution in [-0.4, -0.2) is 13.1 Å². The van der Waals surface area contributed by atoms with Crippen molar-refractivity contribution in [3.05, 3.63) is 188 Å². The predicted molar refractivity (Wildman–Crippen MR) is 188 cm³/mol. The van der Waals surface area contributed by atoms with Crippen molar-refractivity contribution in [1.29, 1.82) is 0 Å².